The molecule has 2 N–H and O–H groups in total. The summed E-state index contributed by atoms with van der Waals surface area (Å²) >= 11 is 0. The first-order valence-corrected chi connectivity index (χ1v) is 9.40. The van der Waals surface area contributed by atoms with Crippen LogP contribution in [0, 0.1) is 0 Å². The summed E-state index contributed by atoms with van der Waals surface area (Å²) in [6.07, 6.45) is 1.95. The topological polar surface area (TPSA) is 82.5 Å². The summed E-state index contributed by atoms with van der Waals surface area (Å²) in [6, 6.07) is 7.37. The van der Waals surface area contributed by atoms with E-state index in [2.05, 4.69) is 9.80 Å². The minimum absolute atomic E-state index is 0.155. The first-order chi connectivity index (χ1) is 13.0. The third-order valence-corrected chi connectivity index (χ3v) is 4.41. The van der Waals surface area contributed by atoms with Crippen LogP contribution in [0.1, 0.15) is 19.4 Å². The zero-order chi connectivity index (χ0) is 19.6. The van der Waals surface area contributed by atoms with E-state index in [1.807, 2.05) is 24.3 Å². The van der Waals surface area contributed by atoms with Crippen LogP contribution in [-0.4, -0.2) is 84.3 Å². The maximum atomic E-state index is 11.4. The minimum atomic E-state index is -0.659. The summed E-state index contributed by atoms with van der Waals surface area (Å²) in [5.41, 5.74) is 0.817. The Balaban J connectivity index is 2.00. The van der Waals surface area contributed by atoms with Gasteiger partial charge in [0.25, 0.3) is 0 Å². The van der Waals surface area contributed by atoms with Crippen molar-refractivity contribution in [3.05, 3.63) is 35.9 Å². The average Bonchev–Trinajstić information content (AvgIpc) is 2.66. The number of carbonyl (C=O) groups is 1. The number of aliphatic hydroxyl groups excluding tert-OH is 2. The number of esters is 1. The Morgan fingerprint density at radius 3 is 2.67 bits per heavy atom. The van der Waals surface area contributed by atoms with E-state index in [0.29, 0.717) is 18.9 Å². The first-order valence-electron chi connectivity index (χ1n) is 9.40. The molecular weight excluding hydrogens is 348 g/mol. The molecule has 7 heteroatoms. The van der Waals surface area contributed by atoms with Gasteiger partial charge < -0.3 is 19.7 Å². The lowest BCUT2D eigenvalue weighted by Crippen LogP contribution is -2.55. The van der Waals surface area contributed by atoms with Gasteiger partial charge in [-0.25, -0.2) is 4.79 Å². The van der Waals surface area contributed by atoms with E-state index < -0.39 is 12.3 Å². The van der Waals surface area contributed by atoms with Crippen molar-refractivity contribution in [2.45, 2.75) is 26.2 Å². The average molecular weight is 378 g/mol. The van der Waals surface area contributed by atoms with Gasteiger partial charge in [-0.15, -0.1) is 0 Å². The third kappa shape index (κ3) is 6.95. The van der Waals surface area contributed by atoms with Gasteiger partial charge in [-0.2, -0.15) is 0 Å². The number of ether oxygens (including phenoxy) is 2. The second-order valence-corrected chi connectivity index (χ2v) is 6.51. The molecule has 0 amide bonds. The van der Waals surface area contributed by atoms with Gasteiger partial charge in [0.15, 0.2) is 6.23 Å². The molecule has 0 aromatic heterocycles. The molecule has 0 spiro atoms. The second-order valence-electron chi connectivity index (χ2n) is 6.51. The second kappa shape index (κ2) is 11.0. The van der Waals surface area contributed by atoms with E-state index in [1.165, 1.54) is 6.08 Å². The monoisotopic (exact) mass is 378 g/mol. The van der Waals surface area contributed by atoms with E-state index >= 15 is 0 Å². The predicted molar refractivity (Wildman–Crippen MR) is 103 cm³/mol. The lowest BCUT2D eigenvalue weighted by molar-refractivity contribution is -0.137. The van der Waals surface area contributed by atoms with Gasteiger partial charge in [-0.1, -0.05) is 12.1 Å². The number of benzene rings is 1. The molecule has 0 bridgehead atoms. The van der Waals surface area contributed by atoms with Crippen molar-refractivity contribution < 1.29 is 24.5 Å². The molecule has 1 aliphatic rings. The van der Waals surface area contributed by atoms with E-state index in [0.717, 1.165) is 31.7 Å². The molecule has 0 aliphatic carbocycles. The van der Waals surface area contributed by atoms with Gasteiger partial charge in [-0.05, 0) is 37.6 Å². The number of rotatable bonds is 9. The number of nitrogens with zero attached hydrogens (tertiary/aromatic N) is 2. The molecule has 1 fully saturated rings. The number of β-amino-alcohol motifs (C(OH)–C–C–N with tert-alkyl or cyclic N) is 1. The lowest BCUT2D eigenvalue weighted by Gasteiger charge is -2.39. The number of hydrogen-bond acceptors (Lipinski definition) is 7. The number of hydrogen-bond donors (Lipinski definition) is 2. The third-order valence-electron chi connectivity index (χ3n) is 4.41. The summed E-state index contributed by atoms with van der Waals surface area (Å²) in [4.78, 5) is 15.7. The molecule has 2 atom stereocenters. The molecule has 1 heterocycles. The van der Waals surface area contributed by atoms with Crippen LogP contribution in [-0.2, 0) is 9.53 Å². The van der Waals surface area contributed by atoms with Crippen molar-refractivity contribution in [2.24, 2.45) is 0 Å². The highest BCUT2D eigenvalue weighted by Gasteiger charge is 2.28. The van der Waals surface area contributed by atoms with Crippen molar-refractivity contribution in [3.63, 3.8) is 0 Å². The van der Waals surface area contributed by atoms with Crippen molar-refractivity contribution in [1.29, 1.82) is 0 Å². The molecule has 2 rings (SSSR count). The van der Waals surface area contributed by atoms with Crippen LogP contribution in [0.15, 0.2) is 30.3 Å². The summed E-state index contributed by atoms with van der Waals surface area (Å²) in [6.45, 7) is 7.83. The molecule has 0 saturated carbocycles. The molecule has 1 aromatic carbocycles. The quantitative estimate of drug-likeness (QED) is 0.489. The zero-order valence-corrected chi connectivity index (χ0v) is 16.1. The van der Waals surface area contributed by atoms with Crippen LogP contribution in [0.2, 0.25) is 0 Å². The Hall–Kier alpha value is -1.93. The maximum absolute atomic E-state index is 11.4. The highest BCUT2D eigenvalue weighted by atomic mass is 16.5. The SMILES string of the molecule is CCOC(=O)C=Cc1cccc(OC(C(C)O)N2CCN(CCO)CC2)c1. The standard InChI is InChI=1S/C20H30N2O5/c1-3-26-19(25)8-7-17-5-4-6-18(15-17)27-20(16(2)24)22-11-9-21(10-12-22)13-14-23/h4-8,15-16,20,23-24H,3,9-14H2,1-2H3. The van der Waals surface area contributed by atoms with Gasteiger partial charge in [0.2, 0.25) is 0 Å². The molecule has 150 valence electrons. The summed E-state index contributed by atoms with van der Waals surface area (Å²) in [5, 5.41) is 19.3. The maximum Gasteiger partial charge on any atom is 0.330 e. The molecule has 27 heavy (non-hydrogen) atoms. The van der Waals surface area contributed by atoms with Crippen molar-refractivity contribution >= 4 is 12.0 Å². The fraction of sp³-hybridized carbons (Fsp3) is 0.550. The highest BCUT2D eigenvalue weighted by molar-refractivity contribution is 5.87. The normalized spacial score (nSPS) is 18.4. The van der Waals surface area contributed by atoms with Gasteiger partial charge in [0, 0.05) is 38.8 Å². The van der Waals surface area contributed by atoms with Crippen molar-refractivity contribution in [3.8, 4) is 5.75 Å². The zero-order valence-electron chi connectivity index (χ0n) is 16.1. The molecular formula is C20H30N2O5. The van der Waals surface area contributed by atoms with Gasteiger partial charge >= 0.3 is 5.97 Å². The Kier molecular flexibility index (Phi) is 8.74. The Morgan fingerprint density at radius 2 is 2.04 bits per heavy atom. The summed E-state index contributed by atoms with van der Waals surface area (Å²) in [7, 11) is 0. The Labute approximate surface area is 160 Å². The van der Waals surface area contributed by atoms with Crippen molar-refractivity contribution in [2.75, 3.05) is 45.9 Å². The van der Waals surface area contributed by atoms with Crippen LogP contribution in [0.5, 0.6) is 5.75 Å². The van der Waals surface area contributed by atoms with Gasteiger partial charge in [0.05, 0.1) is 13.2 Å². The fourth-order valence-electron chi connectivity index (χ4n) is 3.05. The molecule has 7 nitrogen and oxygen atoms in total. The van der Waals surface area contributed by atoms with Gasteiger partial charge in [0.1, 0.15) is 11.9 Å². The largest absolute Gasteiger partial charge is 0.472 e. The number of aliphatic hydroxyl groups is 2. The summed E-state index contributed by atoms with van der Waals surface area (Å²) < 4.78 is 10.9. The predicted octanol–water partition coefficient (Wildman–Crippen LogP) is 0.958. The molecule has 0 radical (unpaired) electrons. The molecule has 1 aromatic rings. The molecule has 1 saturated heterocycles. The van der Waals surface area contributed by atoms with Crippen LogP contribution in [0.3, 0.4) is 0 Å². The van der Waals surface area contributed by atoms with E-state index in [1.54, 1.807) is 19.9 Å². The van der Waals surface area contributed by atoms with Crippen LogP contribution >= 0.6 is 0 Å². The van der Waals surface area contributed by atoms with Gasteiger partial charge in [-0.3, -0.25) is 9.80 Å². The summed E-state index contributed by atoms with van der Waals surface area (Å²) in [5.74, 6) is 0.246. The highest BCUT2D eigenvalue weighted by Crippen LogP contribution is 2.20. The van der Waals surface area contributed by atoms with Crippen molar-refractivity contribution in [1.82, 2.24) is 9.80 Å². The van der Waals surface area contributed by atoms with E-state index in [9.17, 15) is 9.90 Å². The van der Waals surface area contributed by atoms with Crippen LogP contribution < -0.4 is 4.74 Å². The fourth-order valence-corrected chi connectivity index (χ4v) is 3.05. The smallest absolute Gasteiger partial charge is 0.330 e. The lowest BCUT2D eigenvalue weighted by atomic mass is 10.2. The molecule has 1 aliphatic heterocycles. The molecule has 2 unspecified atom stereocenters. The van der Waals surface area contributed by atoms with E-state index in [4.69, 9.17) is 14.6 Å². The first kappa shape index (κ1) is 21.4. The van der Waals surface area contributed by atoms with Crippen LogP contribution in [0.4, 0.5) is 0 Å². The number of piperazine rings is 1. The Morgan fingerprint density at radius 1 is 1.30 bits per heavy atom. The minimum Gasteiger partial charge on any atom is -0.472 e. The van der Waals surface area contributed by atoms with Crippen LogP contribution in [0.25, 0.3) is 6.08 Å². The Bertz CT molecular complexity index is 612. The number of carbonyl (C=O) groups excluding carboxylic acids is 1. The van der Waals surface area contributed by atoms with E-state index in [-0.39, 0.29) is 12.6 Å².